The van der Waals surface area contributed by atoms with Crippen LogP contribution in [0.2, 0.25) is 0 Å². The molecular formula is C61H64F6N2O11S2. The predicted octanol–water partition coefficient (Wildman–Crippen LogP) is 11.2. The SMILES string of the molecule is CN(C)C(=O)SC(=O)[C@@]12OC(c3ccc(C(F)(F)F)cc3)O[C@@H]1C[C@H]1[C@@H]3CCC4=CC(=O)C=C[C@]4(C)[C@H]3[C@@H](O)C[C@@]12C.C[C@]12C=CC(=O)C=C1CC[C@@H]1[C@@H]2[C@@H](O)C[C@@]2(C)[C@H]1C[C@H]1OC(c3ccc(C(F)(F)F)cc3)O[C@]12C(=O)SCC#N. The molecule has 10 aliphatic rings. The molecule has 2 aromatic rings. The number of ether oxygens (including phenoxy) is 4. The molecule has 6 saturated carbocycles. The van der Waals surface area contributed by atoms with E-state index < -0.39 is 104 Å². The number of aliphatic hydroxyl groups is 2. The average molecular weight is 1180 g/mol. The fraction of sp³-hybridized carbons (Fsp3) is 0.574. The summed E-state index contributed by atoms with van der Waals surface area (Å²) in [5.41, 5.74) is -4.73. The van der Waals surface area contributed by atoms with Crippen molar-refractivity contribution in [3.05, 3.63) is 118 Å². The molecule has 2 aliphatic heterocycles. The van der Waals surface area contributed by atoms with Crippen LogP contribution in [0.1, 0.15) is 114 Å². The zero-order chi connectivity index (χ0) is 59.1. The molecule has 0 radical (unpaired) electrons. The van der Waals surface area contributed by atoms with Crippen molar-refractivity contribution in [3.8, 4) is 6.07 Å². The third kappa shape index (κ3) is 8.91. The van der Waals surface area contributed by atoms with Crippen LogP contribution in [-0.4, -0.2) is 97.6 Å². The van der Waals surface area contributed by atoms with Crippen molar-refractivity contribution in [1.82, 2.24) is 4.90 Å². The van der Waals surface area contributed by atoms with Gasteiger partial charge < -0.3 is 34.1 Å². The third-order valence-corrected chi connectivity index (χ3v) is 22.8. The maximum Gasteiger partial charge on any atom is 0.416 e. The van der Waals surface area contributed by atoms with Crippen LogP contribution in [0.3, 0.4) is 0 Å². The summed E-state index contributed by atoms with van der Waals surface area (Å²) >= 11 is 1.39. The Morgan fingerprint density at radius 2 is 1.07 bits per heavy atom. The summed E-state index contributed by atoms with van der Waals surface area (Å²) in [6.07, 6.45) is 0.277. The number of aliphatic hydroxyl groups excluding tert-OH is 2. The van der Waals surface area contributed by atoms with E-state index in [0.717, 1.165) is 53.6 Å². The van der Waals surface area contributed by atoms with Crippen LogP contribution in [0, 0.1) is 68.5 Å². The van der Waals surface area contributed by atoms with Crippen LogP contribution in [0.15, 0.2) is 96.1 Å². The molecule has 18 atom stereocenters. The van der Waals surface area contributed by atoms with Gasteiger partial charge in [-0.3, -0.25) is 24.0 Å². The molecule has 0 aromatic heterocycles. The Morgan fingerprint density at radius 3 is 1.45 bits per heavy atom. The van der Waals surface area contributed by atoms with E-state index in [9.17, 15) is 65.8 Å². The lowest BCUT2D eigenvalue weighted by Gasteiger charge is -2.59. The number of allylic oxidation sites excluding steroid dienone is 8. The van der Waals surface area contributed by atoms with Gasteiger partial charge in [0.2, 0.25) is 10.2 Å². The second-order valence-electron chi connectivity index (χ2n) is 25.0. The topological polar surface area (TPSA) is 190 Å². The summed E-state index contributed by atoms with van der Waals surface area (Å²) in [6.45, 7) is 7.99. The van der Waals surface area contributed by atoms with E-state index >= 15 is 0 Å². The number of amides is 1. The number of nitriles is 1. The largest absolute Gasteiger partial charge is 0.416 e. The number of rotatable bonds is 5. The number of nitrogens with zero attached hydrogens (tertiary/aromatic N) is 2. The number of ketones is 2. The third-order valence-electron chi connectivity index (χ3n) is 20.9. The first-order chi connectivity index (χ1) is 38.5. The number of fused-ring (bicyclic) bond motifs is 14. The maximum absolute atomic E-state index is 14.2. The van der Waals surface area contributed by atoms with Crippen LogP contribution in [-0.2, 0) is 50.5 Å². The highest BCUT2D eigenvalue weighted by Gasteiger charge is 2.78. The first-order valence-electron chi connectivity index (χ1n) is 27.7. The van der Waals surface area contributed by atoms with Crippen LogP contribution in [0.4, 0.5) is 31.1 Å². The number of carbonyl (C=O) groups excluding carboxylic acids is 5. The molecule has 12 rings (SSSR count). The number of hydrogen-bond donors (Lipinski definition) is 2. The van der Waals surface area contributed by atoms with E-state index in [1.165, 1.54) is 29.2 Å². The van der Waals surface area contributed by atoms with E-state index in [-0.39, 0.29) is 70.8 Å². The molecule has 0 bridgehead atoms. The zero-order valence-corrected chi connectivity index (χ0v) is 47.6. The molecular weight excluding hydrogens is 1110 g/mol. The Kier molecular flexibility index (Phi) is 14.6. The monoisotopic (exact) mass is 1180 g/mol. The highest BCUT2D eigenvalue weighted by molar-refractivity contribution is 8.26. The van der Waals surface area contributed by atoms with Crippen LogP contribution >= 0.6 is 23.5 Å². The number of benzene rings is 2. The lowest BCUT2D eigenvalue weighted by Crippen LogP contribution is -2.62. The Morgan fingerprint density at radius 1 is 0.671 bits per heavy atom. The van der Waals surface area contributed by atoms with Gasteiger partial charge in [-0.15, -0.1) is 0 Å². The van der Waals surface area contributed by atoms with Gasteiger partial charge in [0, 0.05) is 70.5 Å². The van der Waals surface area contributed by atoms with Crippen molar-refractivity contribution in [2.24, 2.45) is 57.2 Å². The molecule has 2 saturated heterocycles. The van der Waals surface area contributed by atoms with Gasteiger partial charge in [-0.25, -0.2) is 0 Å². The van der Waals surface area contributed by atoms with Crippen molar-refractivity contribution in [2.75, 3.05) is 19.8 Å². The molecule has 438 valence electrons. The number of thioether (sulfide) groups is 2. The molecule has 8 aliphatic carbocycles. The summed E-state index contributed by atoms with van der Waals surface area (Å²) in [4.78, 5) is 66.4. The molecule has 2 aromatic carbocycles. The van der Waals surface area contributed by atoms with Gasteiger partial charge >= 0.3 is 12.4 Å². The summed E-state index contributed by atoms with van der Waals surface area (Å²) in [6, 6.07) is 11.0. The van der Waals surface area contributed by atoms with E-state index in [1.54, 1.807) is 38.4 Å². The van der Waals surface area contributed by atoms with Crippen molar-refractivity contribution in [1.29, 1.82) is 5.26 Å². The standard InChI is InChI=1S/C31H34F3NO6S.C30H30F3NO5S/c1-28-12-11-19(36)13-18(28)9-10-20-21-14-23-30(26(38)42-27(39)35(3)4,29(21,2)15-22(37)24(20)28)41-25(40-23)16-5-7-17(8-6-16)31(32,33)34;1-27-10-9-19(35)13-18(27)7-8-20-21-14-23-29(26(37)40-12-11-34,28(21,2)15-22(36)24(20)27)39-25(38-23)16-3-5-17(6-4-16)30(31,32)33/h5-8,11-13,20-25,37H,9-10,14-15H2,1-4H3;3-6,9-10,13,20-25,36H,7-8,12,14-15H2,1-2H3/t20-,21-,22-,23+,24+,25?,28-,29-,30-;20-,21-,22-,23+,24+,25?,27-,28-,29-/m00/s1. The van der Waals surface area contributed by atoms with E-state index in [4.69, 9.17) is 18.9 Å². The lowest BCUT2D eigenvalue weighted by molar-refractivity contribution is -0.195. The van der Waals surface area contributed by atoms with Crippen molar-refractivity contribution in [3.63, 3.8) is 0 Å². The van der Waals surface area contributed by atoms with Crippen molar-refractivity contribution in [2.45, 2.75) is 140 Å². The Hall–Kier alpha value is -4.92. The maximum atomic E-state index is 14.2. The smallest absolute Gasteiger partial charge is 0.393 e. The van der Waals surface area contributed by atoms with Crippen LogP contribution in [0.5, 0.6) is 0 Å². The van der Waals surface area contributed by atoms with E-state index in [2.05, 4.69) is 13.8 Å². The fourth-order valence-electron chi connectivity index (χ4n) is 17.2. The second-order valence-corrected chi connectivity index (χ2v) is 26.9. The first kappa shape index (κ1) is 58.8. The molecule has 0 spiro atoms. The number of hydrogen-bond acceptors (Lipinski definition) is 14. The minimum atomic E-state index is -4.51. The minimum Gasteiger partial charge on any atom is -0.393 e. The number of carbonyl (C=O) groups is 5. The highest BCUT2D eigenvalue weighted by Crippen LogP contribution is 2.73. The summed E-state index contributed by atoms with van der Waals surface area (Å²) in [5, 5.41) is 31.4. The van der Waals surface area contributed by atoms with Gasteiger partial charge in [0.05, 0.1) is 47.4 Å². The van der Waals surface area contributed by atoms with Crippen molar-refractivity contribution < 1.29 is 79.5 Å². The average Bonchev–Trinajstić information content (AvgIpc) is 1.66. The van der Waals surface area contributed by atoms with Gasteiger partial charge in [0.15, 0.2) is 35.3 Å². The van der Waals surface area contributed by atoms with Gasteiger partial charge in [-0.05, 0) is 124 Å². The van der Waals surface area contributed by atoms with Gasteiger partial charge in [0.25, 0.3) is 5.24 Å². The zero-order valence-electron chi connectivity index (χ0n) is 45.9. The quantitative estimate of drug-likeness (QED) is 0.269. The van der Waals surface area contributed by atoms with Crippen LogP contribution < -0.4 is 0 Å². The molecule has 13 nitrogen and oxygen atoms in total. The van der Waals surface area contributed by atoms with Gasteiger partial charge in [-0.1, -0.05) is 87.0 Å². The van der Waals surface area contributed by atoms with Gasteiger partial charge in [0.1, 0.15) is 0 Å². The first-order valence-corrected chi connectivity index (χ1v) is 29.5. The minimum absolute atomic E-state index is 0.0136. The number of alkyl halides is 6. The number of halogens is 6. The Labute approximate surface area is 479 Å². The van der Waals surface area contributed by atoms with E-state index in [1.807, 2.05) is 32.1 Å². The Bertz CT molecular complexity index is 3160. The van der Waals surface area contributed by atoms with E-state index in [0.29, 0.717) is 55.0 Å². The molecule has 1 amide bonds. The van der Waals surface area contributed by atoms with Crippen molar-refractivity contribution >= 4 is 50.6 Å². The predicted molar refractivity (Wildman–Crippen MR) is 287 cm³/mol. The highest BCUT2D eigenvalue weighted by atomic mass is 32.2. The fourth-order valence-corrected chi connectivity index (χ4v) is 19.0. The molecule has 2 N–H and O–H groups in total. The molecule has 21 heteroatoms. The summed E-state index contributed by atoms with van der Waals surface area (Å²) < 4.78 is 105. The molecule has 8 fully saturated rings. The summed E-state index contributed by atoms with van der Waals surface area (Å²) in [5.74, 6) is -0.667. The molecule has 2 unspecified atom stereocenters. The Balaban J connectivity index is 0.000000172. The second kappa shape index (κ2) is 20.4. The summed E-state index contributed by atoms with van der Waals surface area (Å²) in [7, 11) is 3.08. The lowest BCUT2D eigenvalue weighted by atomic mass is 9.46. The molecule has 82 heavy (non-hydrogen) atoms. The van der Waals surface area contributed by atoms with Crippen LogP contribution in [0.25, 0.3) is 0 Å². The molecule has 2 heterocycles. The normalized spacial score (nSPS) is 41.1. The van der Waals surface area contributed by atoms with Gasteiger partial charge in [-0.2, -0.15) is 31.6 Å².